The maximum atomic E-state index is 14.3. The zero-order valence-corrected chi connectivity index (χ0v) is 17.5. The number of halogens is 2. The number of nitrogens with zero attached hydrogens (tertiary/aromatic N) is 4. The van der Waals surface area contributed by atoms with Gasteiger partial charge in [-0.15, -0.1) is 0 Å². The number of anilines is 1. The minimum Gasteiger partial charge on any atom is -0.350 e. The number of alkyl halides is 2. The van der Waals surface area contributed by atoms with Gasteiger partial charge in [0.1, 0.15) is 6.04 Å². The number of hydrogen-bond donors (Lipinski definition) is 1. The van der Waals surface area contributed by atoms with E-state index in [2.05, 4.69) is 15.3 Å². The van der Waals surface area contributed by atoms with Crippen molar-refractivity contribution in [1.29, 1.82) is 0 Å². The number of amides is 1. The topological polar surface area (TPSA) is 80.1 Å². The summed E-state index contributed by atoms with van der Waals surface area (Å²) in [7, 11) is 0. The summed E-state index contributed by atoms with van der Waals surface area (Å²) in [6, 6.07) is 9.22. The van der Waals surface area contributed by atoms with Gasteiger partial charge in [-0.3, -0.25) is 14.2 Å². The average molecular weight is 445 g/mol. The van der Waals surface area contributed by atoms with Gasteiger partial charge in [0, 0.05) is 26.1 Å². The van der Waals surface area contributed by atoms with E-state index >= 15 is 0 Å². The van der Waals surface area contributed by atoms with Crippen LogP contribution in [0.1, 0.15) is 37.1 Å². The van der Waals surface area contributed by atoms with Gasteiger partial charge in [0.15, 0.2) is 21.3 Å². The van der Waals surface area contributed by atoms with Crippen LogP contribution in [-0.2, 0) is 23.8 Å². The molecule has 0 saturated carbocycles. The van der Waals surface area contributed by atoms with Crippen LogP contribution in [0.3, 0.4) is 0 Å². The molecule has 0 radical (unpaired) electrons. The molecular weight excluding hydrogens is 424 g/mol. The van der Waals surface area contributed by atoms with Crippen LogP contribution < -0.4 is 15.8 Å². The highest BCUT2D eigenvalue weighted by molar-refractivity contribution is 7.21. The van der Waals surface area contributed by atoms with Crippen molar-refractivity contribution in [3.8, 4) is 0 Å². The second-order valence-electron chi connectivity index (χ2n) is 7.91. The molecule has 162 valence electrons. The first-order valence-electron chi connectivity index (χ1n) is 10.3. The van der Waals surface area contributed by atoms with Crippen LogP contribution in [0.4, 0.5) is 13.9 Å². The quantitative estimate of drug-likeness (QED) is 0.668. The smallest absolute Gasteiger partial charge is 0.305 e. The normalized spacial score (nSPS) is 20.1. The van der Waals surface area contributed by atoms with Crippen molar-refractivity contribution in [3.63, 3.8) is 0 Å². The fourth-order valence-corrected chi connectivity index (χ4v) is 5.26. The van der Waals surface area contributed by atoms with Crippen molar-refractivity contribution in [3.05, 3.63) is 52.1 Å². The van der Waals surface area contributed by atoms with E-state index in [4.69, 9.17) is 0 Å². The lowest BCUT2D eigenvalue weighted by Gasteiger charge is -2.24. The first-order chi connectivity index (χ1) is 14.9. The van der Waals surface area contributed by atoms with E-state index in [-0.39, 0.29) is 35.6 Å². The maximum absolute atomic E-state index is 14.3. The SMILES string of the molecule is O=C(NCc1ccccc1)[C@H]1CCCN1c1nc2c(=O)n3c(nc2s1)C(F)(F)CCC3. The van der Waals surface area contributed by atoms with Crippen LogP contribution in [0.5, 0.6) is 0 Å². The number of benzene rings is 1. The van der Waals surface area contributed by atoms with Crippen LogP contribution in [-0.4, -0.2) is 33.0 Å². The number of nitrogens with one attached hydrogen (secondary N) is 1. The summed E-state index contributed by atoms with van der Waals surface area (Å²) in [6.45, 7) is 1.25. The second kappa shape index (κ2) is 7.67. The predicted molar refractivity (Wildman–Crippen MR) is 113 cm³/mol. The Kier molecular flexibility index (Phi) is 4.96. The van der Waals surface area contributed by atoms with Crippen molar-refractivity contribution < 1.29 is 13.6 Å². The standard InChI is InChI=1S/C21H21F2N5O2S/c22-21(23)9-5-11-28-18(30)15-17(26-19(21)28)31-20(25-15)27-10-4-8-14(27)16(29)24-12-13-6-2-1-3-7-13/h1-3,6-7,14H,4-5,8-12H2,(H,24,29)/t14-/m1/s1. The monoisotopic (exact) mass is 445 g/mol. The summed E-state index contributed by atoms with van der Waals surface area (Å²) in [6.07, 6.45) is 1.38. The lowest BCUT2D eigenvalue weighted by Crippen LogP contribution is -2.43. The third kappa shape index (κ3) is 3.58. The zero-order valence-electron chi connectivity index (χ0n) is 16.7. The molecule has 1 aromatic carbocycles. The molecule has 0 unspecified atom stereocenters. The molecule has 10 heteroatoms. The number of rotatable bonds is 4. The fraction of sp³-hybridized carbons (Fsp3) is 0.429. The van der Waals surface area contributed by atoms with E-state index in [0.717, 1.165) is 27.9 Å². The van der Waals surface area contributed by atoms with Crippen molar-refractivity contribution in [2.45, 2.75) is 50.7 Å². The Bertz CT molecular complexity index is 1190. The van der Waals surface area contributed by atoms with Crippen LogP contribution in [0.25, 0.3) is 10.3 Å². The largest absolute Gasteiger partial charge is 0.350 e. The third-order valence-electron chi connectivity index (χ3n) is 5.82. The molecule has 1 atom stereocenters. The van der Waals surface area contributed by atoms with E-state index in [1.807, 2.05) is 35.2 Å². The van der Waals surface area contributed by atoms with Gasteiger partial charge in [-0.1, -0.05) is 41.7 Å². The molecule has 2 aliphatic heterocycles. The van der Waals surface area contributed by atoms with Crippen LogP contribution in [0, 0.1) is 0 Å². The molecule has 2 aliphatic rings. The van der Waals surface area contributed by atoms with Crippen LogP contribution in [0.15, 0.2) is 35.1 Å². The Hall–Kier alpha value is -2.88. The first kappa shape index (κ1) is 20.0. The Balaban J connectivity index is 1.42. The number of aromatic nitrogens is 3. The number of thiazole rings is 1. The fourth-order valence-electron chi connectivity index (χ4n) is 4.25. The molecule has 5 rings (SSSR count). The molecule has 31 heavy (non-hydrogen) atoms. The number of fused-ring (bicyclic) bond motifs is 2. The summed E-state index contributed by atoms with van der Waals surface area (Å²) in [5.74, 6) is -3.72. The summed E-state index contributed by atoms with van der Waals surface area (Å²) in [4.78, 5) is 36.2. The predicted octanol–water partition coefficient (Wildman–Crippen LogP) is 3.02. The van der Waals surface area contributed by atoms with Crippen LogP contribution in [0.2, 0.25) is 0 Å². The lowest BCUT2D eigenvalue weighted by atomic mass is 10.1. The highest BCUT2D eigenvalue weighted by Gasteiger charge is 2.41. The van der Waals surface area contributed by atoms with Gasteiger partial charge in [-0.2, -0.15) is 8.78 Å². The summed E-state index contributed by atoms with van der Waals surface area (Å²) < 4.78 is 29.7. The van der Waals surface area contributed by atoms with E-state index in [9.17, 15) is 18.4 Å². The minimum absolute atomic E-state index is 0.0943. The molecule has 7 nitrogen and oxygen atoms in total. The van der Waals surface area contributed by atoms with Gasteiger partial charge in [-0.05, 0) is 24.8 Å². The van der Waals surface area contributed by atoms with Gasteiger partial charge in [0.2, 0.25) is 5.91 Å². The van der Waals surface area contributed by atoms with Crippen molar-refractivity contribution in [1.82, 2.24) is 19.9 Å². The van der Waals surface area contributed by atoms with Crippen molar-refractivity contribution >= 4 is 32.7 Å². The average Bonchev–Trinajstić information content (AvgIpc) is 3.41. The molecule has 0 aliphatic carbocycles. The van der Waals surface area contributed by atoms with Crippen molar-refractivity contribution in [2.75, 3.05) is 11.4 Å². The summed E-state index contributed by atoms with van der Waals surface area (Å²) in [5.41, 5.74) is 0.562. The Morgan fingerprint density at radius 3 is 2.81 bits per heavy atom. The molecule has 0 bridgehead atoms. The molecule has 4 heterocycles. The molecule has 1 saturated heterocycles. The molecule has 3 aromatic rings. The van der Waals surface area contributed by atoms with E-state index < -0.39 is 23.3 Å². The molecular formula is C21H21F2N5O2S. The second-order valence-corrected chi connectivity index (χ2v) is 8.86. The van der Waals surface area contributed by atoms with Gasteiger partial charge in [0.25, 0.3) is 5.56 Å². The summed E-state index contributed by atoms with van der Waals surface area (Å²) >= 11 is 1.09. The maximum Gasteiger partial charge on any atom is 0.305 e. The molecule has 1 N–H and O–H groups in total. The number of hydrogen-bond acceptors (Lipinski definition) is 6. The zero-order chi connectivity index (χ0) is 21.6. The van der Waals surface area contributed by atoms with E-state index in [1.54, 1.807) is 0 Å². The van der Waals surface area contributed by atoms with Gasteiger partial charge in [-0.25, -0.2) is 9.97 Å². The highest BCUT2D eigenvalue weighted by Crippen LogP contribution is 2.37. The van der Waals surface area contributed by atoms with E-state index in [1.165, 1.54) is 0 Å². The van der Waals surface area contributed by atoms with Crippen molar-refractivity contribution in [2.24, 2.45) is 0 Å². The highest BCUT2D eigenvalue weighted by atomic mass is 32.1. The Morgan fingerprint density at radius 1 is 1.19 bits per heavy atom. The third-order valence-corrected chi connectivity index (χ3v) is 6.81. The van der Waals surface area contributed by atoms with Gasteiger partial charge >= 0.3 is 5.92 Å². The molecule has 1 fully saturated rings. The van der Waals surface area contributed by atoms with Gasteiger partial charge in [0.05, 0.1) is 0 Å². The summed E-state index contributed by atoms with van der Waals surface area (Å²) in [5, 5.41) is 3.43. The minimum atomic E-state index is -3.12. The van der Waals surface area contributed by atoms with Crippen LogP contribution >= 0.6 is 11.3 Å². The number of carbonyl (C=O) groups excluding carboxylic acids is 1. The van der Waals surface area contributed by atoms with E-state index in [0.29, 0.717) is 24.6 Å². The molecule has 0 spiro atoms. The first-order valence-corrected chi connectivity index (χ1v) is 11.1. The Morgan fingerprint density at radius 2 is 2.00 bits per heavy atom. The Labute approximate surface area is 180 Å². The van der Waals surface area contributed by atoms with Gasteiger partial charge < -0.3 is 10.2 Å². The lowest BCUT2D eigenvalue weighted by molar-refractivity contribution is -0.122. The molecule has 2 aromatic heterocycles. The molecule has 1 amide bonds. The number of carbonyl (C=O) groups is 1.